The molecule has 4 aromatic rings. The first-order chi connectivity index (χ1) is 14.2. The van der Waals surface area contributed by atoms with Gasteiger partial charge in [-0.2, -0.15) is 5.10 Å². The van der Waals surface area contributed by atoms with Crippen molar-refractivity contribution in [2.75, 3.05) is 0 Å². The Kier molecular flexibility index (Phi) is 5.42. The zero-order chi connectivity index (χ0) is 20.1. The van der Waals surface area contributed by atoms with Gasteiger partial charge in [-0.3, -0.25) is 14.6 Å². The summed E-state index contributed by atoms with van der Waals surface area (Å²) in [4.78, 5) is 29.3. The largest absolute Gasteiger partial charge is 0.350 e. The van der Waals surface area contributed by atoms with Gasteiger partial charge in [0.2, 0.25) is 5.91 Å². The third-order valence-electron chi connectivity index (χ3n) is 4.69. The number of amides is 1. The third-order valence-corrected chi connectivity index (χ3v) is 4.69. The fourth-order valence-electron chi connectivity index (χ4n) is 3.23. The van der Waals surface area contributed by atoms with E-state index < -0.39 is 0 Å². The lowest BCUT2D eigenvalue weighted by molar-refractivity contribution is -0.122. The molecule has 0 aliphatic carbocycles. The van der Waals surface area contributed by atoms with Crippen molar-refractivity contribution in [2.45, 2.75) is 19.5 Å². The van der Waals surface area contributed by atoms with Crippen molar-refractivity contribution in [3.63, 3.8) is 0 Å². The molecule has 0 aliphatic heterocycles. The number of carbonyl (C=O) groups excluding carboxylic acids is 1. The molecule has 2 aromatic carbocycles. The Hall–Kier alpha value is -3.80. The van der Waals surface area contributed by atoms with Crippen molar-refractivity contribution < 1.29 is 4.79 Å². The van der Waals surface area contributed by atoms with E-state index in [9.17, 15) is 9.59 Å². The van der Waals surface area contributed by atoms with E-state index in [1.165, 1.54) is 4.68 Å². The predicted octanol–water partition coefficient (Wildman–Crippen LogP) is 2.70. The van der Waals surface area contributed by atoms with E-state index in [2.05, 4.69) is 15.4 Å². The van der Waals surface area contributed by atoms with Gasteiger partial charge in [0.1, 0.15) is 6.54 Å². The normalized spacial score (nSPS) is 10.8. The Morgan fingerprint density at radius 1 is 0.862 bits per heavy atom. The zero-order valence-electron chi connectivity index (χ0n) is 15.8. The smallest absolute Gasteiger partial charge is 0.275 e. The maximum Gasteiger partial charge on any atom is 0.275 e. The van der Waals surface area contributed by atoms with Crippen molar-refractivity contribution in [3.8, 4) is 0 Å². The van der Waals surface area contributed by atoms with Gasteiger partial charge in [-0.05, 0) is 29.3 Å². The summed E-state index contributed by atoms with van der Waals surface area (Å²) in [5, 5.41) is 8.72. The molecule has 0 saturated carbocycles. The quantitative estimate of drug-likeness (QED) is 0.555. The van der Waals surface area contributed by atoms with Crippen LogP contribution in [-0.4, -0.2) is 20.7 Å². The van der Waals surface area contributed by atoms with E-state index >= 15 is 0 Å². The summed E-state index contributed by atoms with van der Waals surface area (Å²) >= 11 is 0. The lowest BCUT2D eigenvalue weighted by Gasteiger charge is -2.11. The van der Waals surface area contributed by atoms with Gasteiger partial charge in [0, 0.05) is 30.7 Å². The molecule has 0 fully saturated rings. The first-order valence-corrected chi connectivity index (χ1v) is 9.39. The Bertz CT molecular complexity index is 1190. The van der Waals surface area contributed by atoms with Crippen LogP contribution in [0.15, 0.2) is 83.9 Å². The van der Waals surface area contributed by atoms with Gasteiger partial charge in [-0.15, -0.1) is 0 Å². The second kappa shape index (κ2) is 8.48. The number of nitrogens with one attached hydrogen (secondary N) is 1. The number of hydrogen-bond acceptors (Lipinski definition) is 4. The van der Waals surface area contributed by atoms with Gasteiger partial charge in [-0.25, -0.2) is 4.68 Å². The minimum atomic E-state index is -0.270. The van der Waals surface area contributed by atoms with Gasteiger partial charge in [-0.1, -0.05) is 48.5 Å². The third kappa shape index (κ3) is 4.38. The second-order valence-corrected chi connectivity index (χ2v) is 6.75. The van der Waals surface area contributed by atoms with E-state index in [0.717, 1.165) is 22.2 Å². The molecule has 0 radical (unpaired) electrons. The molecule has 0 saturated heterocycles. The number of carbonyl (C=O) groups is 1. The number of pyridine rings is 1. The predicted molar refractivity (Wildman–Crippen MR) is 111 cm³/mol. The van der Waals surface area contributed by atoms with Crippen LogP contribution in [0.2, 0.25) is 0 Å². The van der Waals surface area contributed by atoms with Gasteiger partial charge in [0.05, 0.1) is 11.1 Å². The fraction of sp³-hybridized carbons (Fsp3) is 0.130. The van der Waals surface area contributed by atoms with E-state index in [-0.39, 0.29) is 18.0 Å². The van der Waals surface area contributed by atoms with Crippen LogP contribution < -0.4 is 10.9 Å². The number of nitrogens with zero attached hydrogens (tertiary/aromatic N) is 3. The van der Waals surface area contributed by atoms with Crippen LogP contribution in [0, 0.1) is 0 Å². The average Bonchev–Trinajstić information content (AvgIpc) is 2.77. The summed E-state index contributed by atoms with van der Waals surface area (Å²) in [6.07, 6.45) is 4.00. The number of hydrogen-bond donors (Lipinski definition) is 1. The molecule has 0 bridgehead atoms. The second-order valence-electron chi connectivity index (χ2n) is 6.75. The van der Waals surface area contributed by atoms with Crippen LogP contribution in [0.1, 0.15) is 16.8 Å². The lowest BCUT2D eigenvalue weighted by Crippen LogP contribution is -2.34. The highest BCUT2D eigenvalue weighted by Crippen LogP contribution is 2.16. The molecule has 2 aromatic heterocycles. The highest BCUT2D eigenvalue weighted by Gasteiger charge is 2.13. The molecule has 1 N–H and O–H groups in total. The minimum Gasteiger partial charge on any atom is -0.350 e. The Morgan fingerprint density at radius 2 is 1.55 bits per heavy atom. The topological polar surface area (TPSA) is 76.9 Å². The molecule has 0 unspecified atom stereocenters. The van der Waals surface area contributed by atoms with Crippen LogP contribution in [0.4, 0.5) is 0 Å². The number of rotatable bonds is 6. The Labute approximate surface area is 167 Å². The molecule has 144 valence electrons. The molecule has 0 atom stereocenters. The summed E-state index contributed by atoms with van der Waals surface area (Å²) in [5.41, 5.74) is 2.52. The first kappa shape index (κ1) is 18.6. The summed E-state index contributed by atoms with van der Waals surface area (Å²) in [6, 6.07) is 20.8. The maximum atomic E-state index is 12.9. The minimum absolute atomic E-state index is 0.125. The molecule has 2 heterocycles. The molecule has 6 nitrogen and oxygen atoms in total. The molecule has 1 amide bonds. The number of aromatic nitrogens is 3. The van der Waals surface area contributed by atoms with Crippen LogP contribution >= 0.6 is 0 Å². The van der Waals surface area contributed by atoms with Crippen LogP contribution in [0.25, 0.3) is 10.8 Å². The Balaban J connectivity index is 1.61. The van der Waals surface area contributed by atoms with E-state index in [0.29, 0.717) is 18.4 Å². The Morgan fingerprint density at radius 3 is 2.31 bits per heavy atom. The summed E-state index contributed by atoms with van der Waals surface area (Å²) in [6.45, 7) is 0.283. The van der Waals surface area contributed by atoms with Crippen LogP contribution in [-0.2, 0) is 24.3 Å². The van der Waals surface area contributed by atoms with Crippen LogP contribution in [0.5, 0.6) is 0 Å². The molecule has 4 rings (SSSR count). The summed E-state index contributed by atoms with van der Waals surface area (Å²) in [7, 11) is 0. The molecule has 29 heavy (non-hydrogen) atoms. The zero-order valence-corrected chi connectivity index (χ0v) is 15.8. The maximum absolute atomic E-state index is 12.9. The van der Waals surface area contributed by atoms with Crippen molar-refractivity contribution in [2.24, 2.45) is 0 Å². The van der Waals surface area contributed by atoms with E-state index in [1.54, 1.807) is 18.5 Å². The average molecular weight is 384 g/mol. The van der Waals surface area contributed by atoms with Crippen molar-refractivity contribution in [3.05, 3.63) is 106 Å². The molecular weight excluding hydrogens is 364 g/mol. The van der Waals surface area contributed by atoms with Gasteiger partial charge in [0.25, 0.3) is 5.56 Å². The fourth-order valence-corrected chi connectivity index (χ4v) is 3.23. The number of fused-ring (bicyclic) bond motifs is 1. The summed E-state index contributed by atoms with van der Waals surface area (Å²) in [5.74, 6) is -0.256. The van der Waals surface area contributed by atoms with Gasteiger partial charge >= 0.3 is 0 Å². The highest BCUT2D eigenvalue weighted by molar-refractivity contribution is 5.84. The molecule has 6 heteroatoms. The molecular formula is C23H20N4O2. The molecule has 0 aliphatic rings. The lowest BCUT2D eigenvalue weighted by atomic mass is 10.1. The SMILES string of the molecule is O=C(Cn1nc(Cc2ccncc2)c2ccccc2c1=O)NCc1ccccc1. The standard InChI is InChI=1S/C23H20N4O2/c28-22(25-15-18-6-2-1-3-7-18)16-27-23(29)20-9-5-4-8-19(20)21(26-27)14-17-10-12-24-13-11-17/h1-13H,14-16H2,(H,25,28). The van der Waals surface area contributed by atoms with Crippen LogP contribution in [0.3, 0.4) is 0 Å². The van der Waals surface area contributed by atoms with Crippen molar-refractivity contribution >= 4 is 16.7 Å². The summed E-state index contributed by atoms with van der Waals surface area (Å²) < 4.78 is 1.25. The van der Waals surface area contributed by atoms with E-state index in [4.69, 9.17) is 0 Å². The number of benzene rings is 2. The first-order valence-electron chi connectivity index (χ1n) is 9.39. The van der Waals surface area contributed by atoms with Gasteiger partial charge < -0.3 is 5.32 Å². The van der Waals surface area contributed by atoms with E-state index in [1.807, 2.05) is 60.7 Å². The highest BCUT2D eigenvalue weighted by atomic mass is 16.2. The van der Waals surface area contributed by atoms with Gasteiger partial charge in [0.15, 0.2) is 0 Å². The van der Waals surface area contributed by atoms with Crippen molar-refractivity contribution in [1.29, 1.82) is 0 Å². The molecule has 0 spiro atoms. The van der Waals surface area contributed by atoms with Crippen molar-refractivity contribution in [1.82, 2.24) is 20.1 Å². The monoisotopic (exact) mass is 384 g/mol.